The Hall–Kier alpha value is -3.01. The number of alkyl halides is 2. The lowest BCUT2D eigenvalue weighted by atomic mass is 9.94. The molecule has 0 radical (unpaired) electrons. The number of carbonyl (C=O) groups is 1. The van der Waals surface area contributed by atoms with E-state index in [0.717, 1.165) is 0 Å². The molecule has 0 fully saturated rings. The summed E-state index contributed by atoms with van der Waals surface area (Å²) in [6.07, 6.45) is 0. The number of carbonyl (C=O) groups excluding carboxylic acids is 1. The third-order valence-corrected chi connectivity index (χ3v) is 4.70. The van der Waals surface area contributed by atoms with Crippen LogP contribution in [0.5, 0.6) is 5.75 Å². The van der Waals surface area contributed by atoms with Crippen LogP contribution in [-0.2, 0) is 4.79 Å². The minimum absolute atomic E-state index is 0.0269. The first kappa shape index (κ1) is 19.7. The quantitative estimate of drug-likeness (QED) is 0.735. The Kier molecular flexibility index (Phi) is 5.59. The Balaban J connectivity index is 1.93. The molecule has 2 N–H and O–H groups in total. The average Bonchev–Trinajstić information content (AvgIpc) is 3.04. The molecule has 1 unspecified atom stereocenters. The van der Waals surface area contributed by atoms with Crippen LogP contribution in [0.2, 0.25) is 0 Å². The van der Waals surface area contributed by atoms with Gasteiger partial charge in [0.2, 0.25) is 0 Å². The molecule has 1 aromatic carbocycles. The smallest absolute Gasteiger partial charge is 0.387 e. The molecule has 1 atom stereocenters. The van der Waals surface area contributed by atoms with E-state index in [4.69, 9.17) is 16.7 Å². The van der Waals surface area contributed by atoms with Crippen molar-refractivity contribution in [1.29, 1.82) is 0 Å². The zero-order chi connectivity index (χ0) is 20.4. The topological polar surface area (TPSA) is 79.6 Å². The number of halogens is 2. The van der Waals surface area contributed by atoms with Crippen molar-refractivity contribution in [1.82, 2.24) is 15.4 Å². The van der Waals surface area contributed by atoms with Crippen molar-refractivity contribution in [3.8, 4) is 5.75 Å². The number of rotatable bonds is 5. The second-order valence-electron chi connectivity index (χ2n) is 6.17. The van der Waals surface area contributed by atoms with Gasteiger partial charge >= 0.3 is 6.61 Å². The maximum atomic E-state index is 13.0. The fourth-order valence-corrected chi connectivity index (χ4v) is 3.09. The van der Waals surface area contributed by atoms with Crippen LogP contribution >= 0.6 is 12.2 Å². The molecule has 0 spiro atoms. The van der Waals surface area contributed by atoms with Crippen molar-refractivity contribution in [3.63, 3.8) is 0 Å². The van der Waals surface area contributed by atoms with E-state index in [0.29, 0.717) is 27.7 Å². The number of thiocarbonyl (C=S) groups is 1. The summed E-state index contributed by atoms with van der Waals surface area (Å²) in [5, 5.41) is 10.0. The number of nitrogens with one attached hydrogen (secondary N) is 2. The molecule has 1 amide bonds. The van der Waals surface area contributed by atoms with Gasteiger partial charge in [-0.1, -0.05) is 17.3 Å². The van der Waals surface area contributed by atoms with Crippen molar-refractivity contribution in [2.75, 3.05) is 12.4 Å². The molecule has 3 rings (SSSR count). The van der Waals surface area contributed by atoms with E-state index in [1.807, 2.05) is 0 Å². The summed E-state index contributed by atoms with van der Waals surface area (Å²) >= 11 is 5.34. The molecule has 2 aromatic rings. The van der Waals surface area contributed by atoms with Crippen molar-refractivity contribution in [2.24, 2.45) is 0 Å². The highest BCUT2D eigenvalue weighted by Crippen LogP contribution is 2.31. The molecule has 2 heterocycles. The maximum absolute atomic E-state index is 13.0. The Labute approximate surface area is 165 Å². The van der Waals surface area contributed by atoms with E-state index < -0.39 is 12.7 Å². The number of amides is 1. The highest BCUT2D eigenvalue weighted by molar-refractivity contribution is 7.80. The minimum Gasteiger partial charge on any atom is -0.435 e. The summed E-state index contributed by atoms with van der Waals surface area (Å²) in [6, 6.07) is 7.06. The van der Waals surface area contributed by atoms with Crippen LogP contribution < -0.4 is 15.4 Å². The first-order valence-corrected chi connectivity index (χ1v) is 8.71. The number of hydrogen-bond acceptors (Lipinski definition) is 5. The first-order chi connectivity index (χ1) is 13.3. The van der Waals surface area contributed by atoms with Crippen molar-refractivity contribution < 1.29 is 22.8 Å². The van der Waals surface area contributed by atoms with Gasteiger partial charge < -0.3 is 24.8 Å². The third-order valence-electron chi connectivity index (χ3n) is 4.31. The number of nitrogens with zero attached hydrogens (tertiary/aromatic N) is 2. The highest BCUT2D eigenvalue weighted by Gasteiger charge is 2.32. The van der Waals surface area contributed by atoms with Gasteiger partial charge in [0, 0.05) is 18.8 Å². The molecular formula is C18H18F2N4O3S. The lowest BCUT2D eigenvalue weighted by molar-refractivity contribution is -0.113. The predicted molar refractivity (Wildman–Crippen MR) is 102 cm³/mol. The molecule has 148 valence electrons. The van der Waals surface area contributed by atoms with E-state index in [-0.39, 0.29) is 17.5 Å². The summed E-state index contributed by atoms with van der Waals surface area (Å²) in [7, 11) is 1.74. The van der Waals surface area contributed by atoms with E-state index in [2.05, 4.69) is 20.5 Å². The van der Waals surface area contributed by atoms with Gasteiger partial charge in [-0.3, -0.25) is 4.79 Å². The van der Waals surface area contributed by atoms with E-state index >= 15 is 0 Å². The van der Waals surface area contributed by atoms with Crippen LogP contribution in [0.25, 0.3) is 0 Å². The Morgan fingerprint density at radius 3 is 2.61 bits per heavy atom. The van der Waals surface area contributed by atoms with Crippen LogP contribution in [0.3, 0.4) is 0 Å². The average molecular weight is 408 g/mol. The largest absolute Gasteiger partial charge is 0.435 e. The molecular weight excluding hydrogens is 390 g/mol. The third kappa shape index (κ3) is 4.11. The number of aromatic nitrogens is 1. The number of anilines is 1. The zero-order valence-corrected chi connectivity index (χ0v) is 16.1. The molecule has 0 bridgehead atoms. The Morgan fingerprint density at radius 2 is 2.04 bits per heavy atom. The fraction of sp³-hybridized carbons (Fsp3) is 0.278. The van der Waals surface area contributed by atoms with Crippen LogP contribution in [-0.4, -0.2) is 34.7 Å². The monoisotopic (exact) mass is 408 g/mol. The number of allylic oxidation sites excluding steroid dienone is 1. The first-order valence-electron chi connectivity index (χ1n) is 8.30. The Bertz CT molecular complexity index is 927. The van der Waals surface area contributed by atoms with E-state index in [1.54, 1.807) is 44.0 Å². The number of hydrogen-bond donors (Lipinski definition) is 2. The van der Waals surface area contributed by atoms with Gasteiger partial charge in [0.1, 0.15) is 11.5 Å². The second kappa shape index (κ2) is 7.93. The summed E-state index contributed by atoms with van der Waals surface area (Å²) in [4.78, 5) is 14.6. The second-order valence-corrected chi connectivity index (χ2v) is 6.55. The Morgan fingerprint density at radius 1 is 1.36 bits per heavy atom. The fourth-order valence-electron chi connectivity index (χ4n) is 2.83. The van der Waals surface area contributed by atoms with E-state index in [1.165, 1.54) is 12.1 Å². The molecule has 0 saturated heterocycles. The summed E-state index contributed by atoms with van der Waals surface area (Å²) in [5.74, 6) is 0.495. The normalized spacial score (nSPS) is 17.0. The van der Waals surface area contributed by atoms with Gasteiger partial charge in [-0.15, -0.1) is 0 Å². The summed E-state index contributed by atoms with van der Waals surface area (Å²) < 4.78 is 34.1. The van der Waals surface area contributed by atoms with Crippen LogP contribution in [0, 0.1) is 6.92 Å². The molecule has 0 saturated carbocycles. The van der Waals surface area contributed by atoms with Gasteiger partial charge in [0.05, 0.1) is 11.6 Å². The van der Waals surface area contributed by atoms with Gasteiger partial charge in [0.15, 0.2) is 10.9 Å². The lowest BCUT2D eigenvalue weighted by Gasteiger charge is -2.35. The SMILES string of the molecule is CC1=C(C(=O)Nc2cc(C)on2)C(c2ccc(OC(F)F)cc2)NC(=S)N1C. The molecule has 1 aliphatic heterocycles. The van der Waals surface area contributed by atoms with Crippen LogP contribution in [0.4, 0.5) is 14.6 Å². The van der Waals surface area contributed by atoms with Crippen molar-refractivity contribution in [3.05, 3.63) is 52.9 Å². The van der Waals surface area contributed by atoms with Gasteiger partial charge in [-0.2, -0.15) is 8.78 Å². The summed E-state index contributed by atoms with van der Waals surface area (Å²) in [6.45, 7) is 0.583. The number of ether oxygens (including phenoxy) is 1. The zero-order valence-electron chi connectivity index (χ0n) is 15.3. The number of aryl methyl sites for hydroxylation is 1. The lowest BCUT2D eigenvalue weighted by Crippen LogP contribution is -2.46. The minimum atomic E-state index is -2.91. The summed E-state index contributed by atoms with van der Waals surface area (Å²) in [5.41, 5.74) is 1.73. The molecule has 0 aliphatic carbocycles. The molecule has 7 nitrogen and oxygen atoms in total. The van der Waals surface area contributed by atoms with Gasteiger partial charge in [-0.05, 0) is 43.8 Å². The molecule has 10 heteroatoms. The van der Waals surface area contributed by atoms with E-state index in [9.17, 15) is 13.6 Å². The molecule has 1 aliphatic rings. The molecule has 28 heavy (non-hydrogen) atoms. The van der Waals surface area contributed by atoms with Crippen molar-refractivity contribution >= 4 is 29.1 Å². The highest BCUT2D eigenvalue weighted by atomic mass is 32.1. The standard InChI is InChI=1S/C18H18F2N4O3S/c1-9-8-13(23-27-9)21-16(25)14-10(2)24(3)18(28)22-15(14)11-4-6-12(7-5-11)26-17(19)20/h4-8,15,17H,1-3H3,(H,22,28)(H,21,23,25). The van der Waals surface area contributed by atoms with Crippen LogP contribution in [0.1, 0.15) is 24.3 Å². The van der Waals surface area contributed by atoms with Crippen molar-refractivity contribution in [2.45, 2.75) is 26.5 Å². The maximum Gasteiger partial charge on any atom is 0.387 e. The van der Waals surface area contributed by atoms with Gasteiger partial charge in [0.25, 0.3) is 5.91 Å². The van der Waals surface area contributed by atoms with Crippen LogP contribution in [0.15, 0.2) is 46.1 Å². The number of benzene rings is 1. The molecule has 1 aromatic heterocycles. The predicted octanol–water partition coefficient (Wildman–Crippen LogP) is 3.36. The van der Waals surface area contributed by atoms with Gasteiger partial charge in [-0.25, -0.2) is 0 Å².